The Morgan fingerprint density at radius 3 is 2.84 bits per heavy atom. The van der Waals surface area contributed by atoms with Crippen LogP contribution in [0.1, 0.15) is 20.8 Å². The number of hydrogen-bond acceptors (Lipinski definition) is 4. The number of carbonyl (C=O) groups is 1. The number of thiophene rings is 1. The van der Waals surface area contributed by atoms with E-state index in [1.54, 1.807) is 29.6 Å². The number of benzene rings is 1. The van der Waals surface area contributed by atoms with Crippen molar-refractivity contribution in [1.29, 1.82) is 0 Å². The minimum Gasteiger partial charge on any atom is -0.463 e. The van der Waals surface area contributed by atoms with E-state index in [1.165, 1.54) is 17.6 Å². The van der Waals surface area contributed by atoms with Crippen LogP contribution in [-0.2, 0) is 0 Å². The lowest BCUT2D eigenvalue weighted by atomic mass is 10.1. The molecule has 3 rings (SSSR count). The molecule has 2 heterocycles. The first-order chi connectivity index (χ1) is 9.16. The Hall–Kier alpha value is -2.20. The molecule has 0 radical (unpaired) electrons. The maximum Gasteiger partial charge on any atom is 0.210 e. The van der Waals surface area contributed by atoms with Gasteiger partial charge in [0.1, 0.15) is 17.4 Å². The average molecular weight is 270 g/mol. The zero-order chi connectivity index (χ0) is 13.4. The van der Waals surface area contributed by atoms with Crippen LogP contribution in [0.15, 0.2) is 51.2 Å². The Balaban J connectivity index is 2.21. The number of ketones is 1. The van der Waals surface area contributed by atoms with Crippen LogP contribution in [0.4, 0.5) is 0 Å². The molecule has 0 amide bonds. The summed E-state index contributed by atoms with van der Waals surface area (Å²) in [7, 11) is 0. The van der Waals surface area contributed by atoms with Gasteiger partial charge >= 0.3 is 0 Å². The molecule has 0 fully saturated rings. The maximum absolute atomic E-state index is 12.3. The van der Waals surface area contributed by atoms with E-state index in [4.69, 9.17) is 4.42 Å². The quantitative estimate of drug-likeness (QED) is 0.670. The first-order valence-corrected chi connectivity index (χ1v) is 6.65. The highest BCUT2D eigenvalue weighted by Crippen LogP contribution is 2.17. The van der Waals surface area contributed by atoms with Gasteiger partial charge in [-0.1, -0.05) is 12.1 Å². The molecule has 0 bridgehead atoms. The molecule has 0 saturated heterocycles. The van der Waals surface area contributed by atoms with E-state index in [9.17, 15) is 9.59 Å². The van der Waals surface area contributed by atoms with E-state index in [0.717, 1.165) is 5.56 Å². The summed E-state index contributed by atoms with van der Waals surface area (Å²) in [6.45, 7) is 1.92. The number of rotatable bonds is 2. The first kappa shape index (κ1) is 11.9. The predicted molar refractivity (Wildman–Crippen MR) is 75.0 cm³/mol. The molecule has 1 aromatic carbocycles. The molecule has 0 aliphatic rings. The molecule has 0 unspecified atom stereocenters. The topological polar surface area (TPSA) is 47.3 Å². The molecule has 19 heavy (non-hydrogen) atoms. The van der Waals surface area contributed by atoms with Gasteiger partial charge in [0.2, 0.25) is 11.2 Å². The van der Waals surface area contributed by atoms with E-state index in [-0.39, 0.29) is 16.8 Å². The van der Waals surface area contributed by atoms with Gasteiger partial charge in [-0.25, -0.2) is 0 Å². The molecular formula is C15H10O3S. The molecule has 94 valence electrons. The fourth-order valence-corrected chi connectivity index (χ4v) is 2.61. The van der Waals surface area contributed by atoms with Crippen molar-refractivity contribution in [3.8, 4) is 0 Å². The van der Waals surface area contributed by atoms with Crippen LogP contribution < -0.4 is 5.43 Å². The van der Waals surface area contributed by atoms with Gasteiger partial charge in [-0.15, -0.1) is 11.3 Å². The summed E-state index contributed by atoms with van der Waals surface area (Å²) in [5, 5.41) is 2.24. The Morgan fingerprint density at radius 2 is 2.11 bits per heavy atom. The lowest BCUT2D eigenvalue weighted by molar-refractivity contribution is 0.104. The molecule has 4 heteroatoms. The van der Waals surface area contributed by atoms with Crippen molar-refractivity contribution in [2.75, 3.05) is 0 Å². The summed E-state index contributed by atoms with van der Waals surface area (Å²) < 4.78 is 5.41. The third-order valence-corrected chi connectivity index (χ3v) is 3.79. The standard InChI is InChI=1S/C15H10O3S/c1-9-4-5-10-12(7-9)18-8-11(14(10)16)15(17)13-3-2-6-19-13/h2-8H,1H3. The lowest BCUT2D eigenvalue weighted by Crippen LogP contribution is -2.14. The van der Waals surface area contributed by atoms with Crippen LogP contribution in [0.5, 0.6) is 0 Å². The summed E-state index contributed by atoms with van der Waals surface area (Å²) in [4.78, 5) is 25.0. The van der Waals surface area contributed by atoms with Gasteiger partial charge in [-0.2, -0.15) is 0 Å². The van der Waals surface area contributed by atoms with Crippen LogP contribution in [0, 0.1) is 6.92 Å². The van der Waals surface area contributed by atoms with Gasteiger partial charge in [0, 0.05) is 0 Å². The van der Waals surface area contributed by atoms with Gasteiger partial charge < -0.3 is 4.42 Å². The smallest absolute Gasteiger partial charge is 0.210 e. The number of fused-ring (bicyclic) bond motifs is 1. The van der Waals surface area contributed by atoms with Crippen LogP contribution in [0.3, 0.4) is 0 Å². The second kappa shape index (κ2) is 4.48. The summed E-state index contributed by atoms with van der Waals surface area (Å²) in [5.41, 5.74) is 1.32. The zero-order valence-corrected chi connectivity index (χ0v) is 11.0. The summed E-state index contributed by atoms with van der Waals surface area (Å²) in [6.07, 6.45) is 1.26. The van der Waals surface area contributed by atoms with Crippen molar-refractivity contribution < 1.29 is 9.21 Å². The van der Waals surface area contributed by atoms with E-state index in [2.05, 4.69) is 0 Å². The normalized spacial score (nSPS) is 10.8. The van der Waals surface area contributed by atoms with E-state index >= 15 is 0 Å². The lowest BCUT2D eigenvalue weighted by Gasteiger charge is -2.01. The van der Waals surface area contributed by atoms with E-state index < -0.39 is 0 Å². The van der Waals surface area contributed by atoms with Gasteiger partial charge in [-0.05, 0) is 36.1 Å². The van der Waals surface area contributed by atoms with Crippen molar-refractivity contribution in [3.63, 3.8) is 0 Å². The summed E-state index contributed by atoms with van der Waals surface area (Å²) >= 11 is 1.31. The third-order valence-electron chi connectivity index (χ3n) is 2.92. The SMILES string of the molecule is Cc1ccc2c(=O)c(C(=O)c3cccs3)coc2c1. The van der Waals surface area contributed by atoms with E-state index in [1.807, 2.05) is 13.0 Å². The largest absolute Gasteiger partial charge is 0.463 e. The molecular weight excluding hydrogens is 260 g/mol. The third kappa shape index (κ3) is 2.00. The van der Waals surface area contributed by atoms with Crippen LogP contribution in [-0.4, -0.2) is 5.78 Å². The van der Waals surface area contributed by atoms with Gasteiger partial charge in [0.05, 0.1) is 10.3 Å². The van der Waals surface area contributed by atoms with Crippen LogP contribution >= 0.6 is 11.3 Å². The van der Waals surface area contributed by atoms with Crippen LogP contribution in [0.25, 0.3) is 11.0 Å². The van der Waals surface area contributed by atoms with E-state index in [0.29, 0.717) is 15.8 Å². The number of hydrogen-bond donors (Lipinski definition) is 0. The molecule has 0 N–H and O–H groups in total. The number of aryl methyl sites for hydroxylation is 1. The zero-order valence-electron chi connectivity index (χ0n) is 10.2. The highest BCUT2D eigenvalue weighted by molar-refractivity contribution is 7.12. The second-order valence-corrected chi connectivity index (χ2v) is 5.23. The van der Waals surface area contributed by atoms with Crippen molar-refractivity contribution in [1.82, 2.24) is 0 Å². The molecule has 0 atom stereocenters. The van der Waals surface area contributed by atoms with Crippen molar-refractivity contribution in [2.45, 2.75) is 6.92 Å². The molecule has 0 aliphatic carbocycles. The number of carbonyl (C=O) groups excluding carboxylic acids is 1. The molecule has 0 saturated carbocycles. The highest BCUT2D eigenvalue weighted by atomic mass is 32.1. The summed E-state index contributed by atoms with van der Waals surface area (Å²) in [5.74, 6) is -0.286. The van der Waals surface area contributed by atoms with Gasteiger partial charge in [0.15, 0.2) is 0 Å². The Kier molecular flexibility index (Phi) is 2.80. The highest BCUT2D eigenvalue weighted by Gasteiger charge is 2.16. The van der Waals surface area contributed by atoms with Crippen LogP contribution in [0.2, 0.25) is 0 Å². The Morgan fingerprint density at radius 1 is 1.26 bits per heavy atom. The molecule has 0 spiro atoms. The predicted octanol–water partition coefficient (Wildman–Crippen LogP) is 3.39. The van der Waals surface area contributed by atoms with Crippen molar-refractivity contribution in [2.24, 2.45) is 0 Å². The fraction of sp³-hybridized carbons (Fsp3) is 0.0667. The Bertz CT molecular complexity index is 813. The summed E-state index contributed by atoms with van der Waals surface area (Å²) in [6, 6.07) is 8.80. The average Bonchev–Trinajstić information content (AvgIpc) is 2.92. The minimum atomic E-state index is -0.286. The fourth-order valence-electron chi connectivity index (χ4n) is 1.93. The molecule has 3 nitrogen and oxygen atoms in total. The molecule has 2 aromatic heterocycles. The van der Waals surface area contributed by atoms with Crippen molar-refractivity contribution >= 4 is 28.1 Å². The van der Waals surface area contributed by atoms with Crippen molar-refractivity contribution in [3.05, 3.63) is 68.2 Å². The van der Waals surface area contributed by atoms with Gasteiger partial charge in [0.25, 0.3) is 0 Å². The Labute approximate surface area is 113 Å². The first-order valence-electron chi connectivity index (χ1n) is 5.77. The van der Waals surface area contributed by atoms with Gasteiger partial charge in [-0.3, -0.25) is 9.59 Å². The molecule has 3 aromatic rings. The molecule has 0 aliphatic heterocycles. The minimum absolute atomic E-state index is 0.0822. The maximum atomic E-state index is 12.3. The monoisotopic (exact) mass is 270 g/mol. The second-order valence-electron chi connectivity index (χ2n) is 4.28.